The molecule has 0 aliphatic carbocycles. The summed E-state index contributed by atoms with van der Waals surface area (Å²) in [5.41, 5.74) is 2.83. The lowest BCUT2D eigenvalue weighted by molar-refractivity contribution is 1.08. The summed E-state index contributed by atoms with van der Waals surface area (Å²) in [6.45, 7) is 0. The van der Waals surface area contributed by atoms with Crippen LogP contribution >= 0.6 is 12.2 Å². The van der Waals surface area contributed by atoms with Gasteiger partial charge in [-0.1, -0.05) is 24.3 Å². The molecule has 88 valence electrons. The fraction of sp³-hybridized carbons (Fsp3) is 0. The number of rotatable bonds is 2. The standard InChI is InChI=1S/C12H9N5S/c18-12-15-11(16-17-12)9-3-1-8(2-4-9)10-7-13-5-6-14-10/h1-7H,(H2,15,16,17,18). The molecule has 0 spiro atoms. The third-order valence-electron chi connectivity index (χ3n) is 2.52. The Labute approximate surface area is 108 Å². The Morgan fingerprint density at radius 3 is 2.33 bits per heavy atom. The van der Waals surface area contributed by atoms with E-state index in [0.29, 0.717) is 4.77 Å². The third-order valence-corrected chi connectivity index (χ3v) is 2.71. The summed E-state index contributed by atoms with van der Waals surface area (Å²) in [5, 5.41) is 5.68. The third kappa shape index (κ3) is 2.05. The molecule has 2 N–H and O–H groups in total. The molecular weight excluding hydrogens is 246 g/mol. The van der Waals surface area contributed by atoms with Crippen molar-refractivity contribution in [2.45, 2.75) is 0 Å². The van der Waals surface area contributed by atoms with E-state index in [1.165, 1.54) is 0 Å². The SMILES string of the molecule is S=c1nc(-c2ccc(-c3cnccn3)cc2)[nH][nH]1. The molecule has 0 saturated carbocycles. The summed E-state index contributed by atoms with van der Waals surface area (Å²) in [6.07, 6.45) is 5.06. The first-order chi connectivity index (χ1) is 8.83. The van der Waals surface area contributed by atoms with Crippen LogP contribution in [0.15, 0.2) is 42.9 Å². The molecule has 0 aliphatic rings. The Hall–Kier alpha value is -2.34. The van der Waals surface area contributed by atoms with Crippen LogP contribution in [0, 0.1) is 4.77 Å². The van der Waals surface area contributed by atoms with Crippen LogP contribution in [0.2, 0.25) is 0 Å². The van der Waals surface area contributed by atoms with Crippen molar-refractivity contribution in [3.05, 3.63) is 47.6 Å². The van der Waals surface area contributed by atoms with Gasteiger partial charge in [0, 0.05) is 23.5 Å². The number of aromatic amines is 2. The monoisotopic (exact) mass is 255 g/mol. The van der Waals surface area contributed by atoms with Crippen molar-refractivity contribution in [2.75, 3.05) is 0 Å². The van der Waals surface area contributed by atoms with Crippen molar-refractivity contribution < 1.29 is 0 Å². The summed E-state index contributed by atoms with van der Waals surface area (Å²) >= 11 is 4.92. The van der Waals surface area contributed by atoms with Crippen LogP contribution in [0.5, 0.6) is 0 Å². The van der Waals surface area contributed by atoms with E-state index in [9.17, 15) is 0 Å². The van der Waals surface area contributed by atoms with Crippen molar-refractivity contribution in [1.29, 1.82) is 0 Å². The molecule has 2 heterocycles. The van der Waals surface area contributed by atoms with Crippen LogP contribution in [-0.4, -0.2) is 25.1 Å². The van der Waals surface area contributed by atoms with Gasteiger partial charge in [0.15, 0.2) is 5.82 Å². The molecule has 2 aromatic heterocycles. The zero-order chi connectivity index (χ0) is 12.4. The molecule has 0 bridgehead atoms. The Morgan fingerprint density at radius 1 is 0.944 bits per heavy atom. The van der Waals surface area contributed by atoms with Crippen LogP contribution in [0.1, 0.15) is 0 Å². The molecule has 5 nitrogen and oxygen atoms in total. The lowest BCUT2D eigenvalue weighted by Crippen LogP contribution is -1.85. The maximum Gasteiger partial charge on any atom is 0.213 e. The molecule has 18 heavy (non-hydrogen) atoms. The molecular formula is C12H9N5S. The molecule has 0 radical (unpaired) electrons. The highest BCUT2D eigenvalue weighted by Gasteiger charge is 2.03. The number of H-pyrrole nitrogens is 2. The summed E-state index contributed by atoms with van der Waals surface area (Å²) in [7, 11) is 0. The molecule has 0 atom stereocenters. The number of hydrogen-bond acceptors (Lipinski definition) is 4. The van der Waals surface area contributed by atoms with Crippen molar-refractivity contribution in [2.24, 2.45) is 0 Å². The molecule has 3 aromatic rings. The molecule has 3 rings (SSSR count). The topological polar surface area (TPSA) is 70.2 Å². The minimum Gasteiger partial charge on any atom is -0.282 e. The highest BCUT2D eigenvalue weighted by molar-refractivity contribution is 7.71. The Bertz CT molecular complexity index is 699. The first kappa shape index (κ1) is 10.8. The molecule has 0 amide bonds. The number of nitrogens with zero attached hydrogens (tertiary/aromatic N) is 3. The average molecular weight is 255 g/mol. The summed E-state index contributed by atoms with van der Waals surface area (Å²) in [6, 6.07) is 7.88. The van der Waals surface area contributed by atoms with Crippen LogP contribution in [-0.2, 0) is 0 Å². The second kappa shape index (κ2) is 4.50. The molecule has 1 aromatic carbocycles. The smallest absolute Gasteiger partial charge is 0.213 e. The van der Waals surface area contributed by atoms with E-state index in [2.05, 4.69) is 25.1 Å². The van der Waals surface area contributed by atoms with Gasteiger partial charge in [-0.25, -0.2) is 0 Å². The van der Waals surface area contributed by atoms with Crippen molar-refractivity contribution in [3.63, 3.8) is 0 Å². The fourth-order valence-corrected chi connectivity index (χ4v) is 1.80. The maximum atomic E-state index is 4.92. The van der Waals surface area contributed by atoms with E-state index in [-0.39, 0.29) is 0 Å². The highest BCUT2D eigenvalue weighted by Crippen LogP contribution is 2.20. The van der Waals surface area contributed by atoms with Gasteiger partial charge in [0.2, 0.25) is 4.77 Å². The van der Waals surface area contributed by atoms with E-state index in [1.807, 2.05) is 24.3 Å². The highest BCUT2D eigenvalue weighted by atomic mass is 32.1. The van der Waals surface area contributed by atoms with Crippen molar-refractivity contribution in [3.8, 4) is 22.6 Å². The van der Waals surface area contributed by atoms with Crippen LogP contribution in [0.3, 0.4) is 0 Å². The van der Waals surface area contributed by atoms with Gasteiger partial charge >= 0.3 is 0 Å². The summed E-state index contributed by atoms with van der Waals surface area (Å²) in [4.78, 5) is 12.5. The van der Waals surface area contributed by atoms with Gasteiger partial charge in [0.1, 0.15) is 0 Å². The van der Waals surface area contributed by atoms with E-state index < -0.39 is 0 Å². The predicted molar refractivity (Wildman–Crippen MR) is 70.2 cm³/mol. The second-order valence-corrected chi connectivity index (χ2v) is 4.07. The van der Waals surface area contributed by atoms with Crippen LogP contribution in [0.25, 0.3) is 22.6 Å². The number of benzene rings is 1. The number of hydrogen-bond donors (Lipinski definition) is 2. The van der Waals surface area contributed by atoms with Gasteiger partial charge in [0.05, 0.1) is 11.9 Å². The quantitative estimate of drug-likeness (QED) is 0.690. The molecule has 0 aliphatic heterocycles. The summed E-state index contributed by atoms with van der Waals surface area (Å²) in [5.74, 6) is 0.727. The van der Waals surface area contributed by atoms with E-state index in [0.717, 1.165) is 22.6 Å². The number of nitrogens with one attached hydrogen (secondary N) is 2. The molecule has 6 heteroatoms. The van der Waals surface area contributed by atoms with Gasteiger partial charge in [-0.3, -0.25) is 20.2 Å². The maximum absolute atomic E-state index is 4.92. The lowest BCUT2D eigenvalue weighted by Gasteiger charge is -2.01. The van der Waals surface area contributed by atoms with Crippen molar-refractivity contribution in [1.82, 2.24) is 25.1 Å². The first-order valence-corrected chi connectivity index (χ1v) is 5.75. The van der Waals surface area contributed by atoms with Gasteiger partial charge in [0.25, 0.3) is 0 Å². The predicted octanol–water partition coefficient (Wildman–Crippen LogP) is 2.59. The minimum atomic E-state index is 0.447. The van der Waals surface area contributed by atoms with Gasteiger partial charge in [-0.15, -0.1) is 0 Å². The zero-order valence-corrected chi connectivity index (χ0v) is 10.1. The van der Waals surface area contributed by atoms with Crippen LogP contribution < -0.4 is 0 Å². The minimum absolute atomic E-state index is 0.447. The van der Waals surface area contributed by atoms with Crippen molar-refractivity contribution >= 4 is 12.2 Å². The molecule has 0 fully saturated rings. The van der Waals surface area contributed by atoms with Crippen LogP contribution in [0.4, 0.5) is 0 Å². The second-order valence-electron chi connectivity index (χ2n) is 3.68. The normalized spacial score (nSPS) is 10.4. The molecule has 0 unspecified atom stereocenters. The van der Waals surface area contributed by atoms with Gasteiger partial charge in [-0.05, 0) is 12.2 Å². The Morgan fingerprint density at radius 2 is 1.72 bits per heavy atom. The Balaban J connectivity index is 1.97. The fourth-order valence-electron chi connectivity index (χ4n) is 1.65. The zero-order valence-electron chi connectivity index (χ0n) is 9.29. The average Bonchev–Trinajstić information content (AvgIpc) is 2.87. The molecule has 0 saturated heterocycles. The first-order valence-electron chi connectivity index (χ1n) is 5.34. The summed E-state index contributed by atoms with van der Waals surface area (Å²) < 4.78 is 0.447. The number of aromatic nitrogens is 5. The van der Waals surface area contributed by atoms with E-state index >= 15 is 0 Å². The van der Waals surface area contributed by atoms with E-state index in [4.69, 9.17) is 12.2 Å². The lowest BCUT2D eigenvalue weighted by atomic mass is 10.1. The van der Waals surface area contributed by atoms with E-state index in [1.54, 1.807) is 18.6 Å². The largest absolute Gasteiger partial charge is 0.282 e. The van der Waals surface area contributed by atoms with Gasteiger partial charge < -0.3 is 0 Å². The Kier molecular flexibility index (Phi) is 2.70. The van der Waals surface area contributed by atoms with Gasteiger partial charge in [-0.2, -0.15) is 4.98 Å².